The van der Waals surface area contributed by atoms with Gasteiger partial charge in [-0.15, -0.1) is 0 Å². The number of hydrogen-bond acceptors (Lipinski definition) is 4. The number of likely N-dealkylation sites (N-methyl/N-ethyl adjacent to an activating group) is 1. The topological polar surface area (TPSA) is 33.7 Å². The summed E-state index contributed by atoms with van der Waals surface area (Å²) in [7, 11) is 0. The largest absolute Gasteiger partial charge is 0.381 e. The van der Waals surface area contributed by atoms with Gasteiger partial charge in [-0.3, -0.25) is 4.90 Å². The summed E-state index contributed by atoms with van der Waals surface area (Å²) in [6.07, 6.45) is 4.75. The van der Waals surface area contributed by atoms with Crippen LogP contribution in [0.4, 0.5) is 0 Å². The van der Waals surface area contributed by atoms with Gasteiger partial charge in [0.15, 0.2) is 0 Å². The van der Waals surface area contributed by atoms with Gasteiger partial charge in [-0.05, 0) is 25.8 Å². The zero-order valence-electron chi connectivity index (χ0n) is 11.4. The quantitative estimate of drug-likeness (QED) is 0.789. The van der Waals surface area contributed by atoms with Crippen LogP contribution in [0.25, 0.3) is 0 Å². The summed E-state index contributed by atoms with van der Waals surface area (Å²) in [5.41, 5.74) is 0. The van der Waals surface area contributed by atoms with Gasteiger partial charge in [-0.25, -0.2) is 0 Å². The Labute approximate surface area is 110 Å². The lowest BCUT2D eigenvalue weighted by Gasteiger charge is -2.36. The van der Waals surface area contributed by atoms with Crippen molar-refractivity contribution in [1.82, 2.24) is 10.2 Å². The fraction of sp³-hybridized carbons (Fsp3) is 1.00. The van der Waals surface area contributed by atoms with Gasteiger partial charge < -0.3 is 14.8 Å². The molecule has 4 heteroatoms. The summed E-state index contributed by atoms with van der Waals surface area (Å²) in [5, 5.41) is 3.66. The molecule has 4 atom stereocenters. The minimum atomic E-state index is 0.505. The van der Waals surface area contributed by atoms with Gasteiger partial charge in [-0.2, -0.15) is 0 Å². The van der Waals surface area contributed by atoms with Gasteiger partial charge >= 0.3 is 0 Å². The lowest BCUT2D eigenvalue weighted by molar-refractivity contribution is -0.0424. The van der Waals surface area contributed by atoms with Crippen LogP contribution in [0.2, 0.25) is 0 Å². The highest BCUT2D eigenvalue weighted by Crippen LogP contribution is 2.27. The van der Waals surface area contributed by atoms with E-state index in [0.29, 0.717) is 24.2 Å². The second kappa shape index (κ2) is 5.87. The Kier molecular flexibility index (Phi) is 4.19. The lowest BCUT2D eigenvalue weighted by atomic mass is 9.98. The average molecular weight is 254 g/mol. The predicted molar refractivity (Wildman–Crippen MR) is 70.7 cm³/mol. The first kappa shape index (κ1) is 12.9. The Morgan fingerprint density at radius 3 is 2.61 bits per heavy atom. The molecule has 4 nitrogen and oxygen atoms in total. The highest BCUT2D eigenvalue weighted by Gasteiger charge is 2.35. The van der Waals surface area contributed by atoms with E-state index in [1.165, 1.54) is 19.3 Å². The fourth-order valence-electron chi connectivity index (χ4n) is 3.64. The molecule has 0 amide bonds. The van der Waals surface area contributed by atoms with Crippen LogP contribution >= 0.6 is 0 Å². The summed E-state index contributed by atoms with van der Waals surface area (Å²) in [6, 6.07) is 0.593. The number of ether oxygens (including phenoxy) is 2. The van der Waals surface area contributed by atoms with E-state index >= 15 is 0 Å². The molecule has 2 bridgehead atoms. The first-order valence-corrected chi connectivity index (χ1v) is 7.54. The Morgan fingerprint density at radius 1 is 1.22 bits per heavy atom. The van der Waals surface area contributed by atoms with E-state index < -0.39 is 0 Å². The number of nitrogens with zero attached hydrogens (tertiary/aromatic N) is 1. The van der Waals surface area contributed by atoms with Gasteiger partial charge in [0.05, 0.1) is 18.8 Å². The molecule has 1 N–H and O–H groups in total. The maximum atomic E-state index is 5.91. The van der Waals surface area contributed by atoms with Gasteiger partial charge in [0.1, 0.15) is 0 Å². The molecule has 0 radical (unpaired) electrons. The van der Waals surface area contributed by atoms with Crippen molar-refractivity contribution in [2.75, 3.05) is 39.4 Å². The van der Waals surface area contributed by atoms with E-state index in [1.807, 2.05) is 0 Å². The molecule has 3 heterocycles. The van der Waals surface area contributed by atoms with Crippen LogP contribution in [0.3, 0.4) is 0 Å². The third-order valence-corrected chi connectivity index (χ3v) is 4.57. The van der Waals surface area contributed by atoms with Crippen molar-refractivity contribution >= 4 is 0 Å². The molecular weight excluding hydrogens is 228 g/mol. The van der Waals surface area contributed by atoms with E-state index in [-0.39, 0.29) is 0 Å². The molecule has 3 saturated heterocycles. The van der Waals surface area contributed by atoms with Crippen LogP contribution < -0.4 is 5.32 Å². The van der Waals surface area contributed by atoms with E-state index in [4.69, 9.17) is 9.47 Å². The second-order valence-electron chi connectivity index (χ2n) is 5.96. The molecule has 0 aromatic carbocycles. The normalized spacial score (nSPS) is 38.2. The number of nitrogens with one attached hydrogen (secondary N) is 1. The number of rotatable bonds is 5. The molecule has 3 aliphatic heterocycles. The van der Waals surface area contributed by atoms with E-state index in [1.54, 1.807) is 0 Å². The highest BCUT2D eigenvalue weighted by atomic mass is 16.5. The fourth-order valence-corrected chi connectivity index (χ4v) is 3.64. The van der Waals surface area contributed by atoms with Crippen molar-refractivity contribution < 1.29 is 9.47 Å². The molecule has 4 unspecified atom stereocenters. The number of likely N-dealkylation sites (tertiary alicyclic amines) is 1. The molecule has 0 aromatic rings. The molecule has 0 aliphatic carbocycles. The maximum absolute atomic E-state index is 5.91. The van der Waals surface area contributed by atoms with Crippen molar-refractivity contribution in [3.63, 3.8) is 0 Å². The second-order valence-corrected chi connectivity index (χ2v) is 5.96. The molecule has 104 valence electrons. The smallest absolute Gasteiger partial charge is 0.0707 e. The Hall–Kier alpha value is -0.160. The molecule has 0 saturated carbocycles. The molecule has 3 rings (SSSR count). The summed E-state index contributed by atoms with van der Waals surface area (Å²) in [4.78, 5) is 2.61. The van der Waals surface area contributed by atoms with Gasteiger partial charge in [0, 0.05) is 38.2 Å². The monoisotopic (exact) mass is 254 g/mol. The summed E-state index contributed by atoms with van der Waals surface area (Å²) in [5.74, 6) is 0.699. The standard InChI is InChI=1S/C14H26N2O2/c1-2-15-14(11-5-6-17-10-11)9-16-7-12-3-4-13(8-16)18-12/h11-15H,2-10H2,1H3. The van der Waals surface area contributed by atoms with Crippen LogP contribution in [0.15, 0.2) is 0 Å². The Bertz CT molecular complexity index is 257. The van der Waals surface area contributed by atoms with Crippen LogP contribution in [-0.4, -0.2) is 62.5 Å². The lowest BCUT2D eigenvalue weighted by Crippen LogP contribution is -2.51. The molecule has 3 aliphatic rings. The van der Waals surface area contributed by atoms with Gasteiger partial charge in [0.2, 0.25) is 0 Å². The Morgan fingerprint density at radius 2 is 2.00 bits per heavy atom. The molecule has 3 fully saturated rings. The minimum Gasteiger partial charge on any atom is -0.381 e. The van der Waals surface area contributed by atoms with E-state index in [9.17, 15) is 0 Å². The van der Waals surface area contributed by atoms with Gasteiger partial charge in [-0.1, -0.05) is 6.92 Å². The van der Waals surface area contributed by atoms with Crippen LogP contribution in [-0.2, 0) is 9.47 Å². The van der Waals surface area contributed by atoms with Gasteiger partial charge in [0.25, 0.3) is 0 Å². The third-order valence-electron chi connectivity index (χ3n) is 4.57. The minimum absolute atomic E-state index is 0.505. The van der Waals surface area contributed by atoms with E-state index in [2.05, 4.69) is 17.1 Å². The van der Waals surface area contributed by atoms with Crippen LogP contribution in [0.5, 0.6) is 0 Å². The van der Waals surface area contributed by atoms with Crippen molar-refractivity contribution in [3.8, 4) is 0 Å². The van der Waals surface area contributed by atoms with Crippen molar-refractivity contribution in [2.45, 2.75) is 44.4 Å². The number of fused-ring (bicyclic) bond motifs is 2. The van der Waals surface area contributed by atoms with Crippen molar-refractivity contribution in [3.05, 3.63) is 0 Å². The zero-order chi connectivity index (χ0) is 12.4. The highest BCUT2D eigenvalue weighted by molar-refractivity contribution is 4.89. The van der Waals surface area contributed by atoms with Crippen LogP contribution in [0, 0.1) is 5.92 Å². The molecule has 0 aromatic heterocycles. The summed E-state index contributed by atoms with van der Waals surface area (Å²) >= 11 is 0. The third kappa shape index (κ3) is 2.87. The molecular formula is C14H26N2O2. The Balaban J connectivity index is 1.54. The van der Waals surface area contributed by atoms with Crippen LogP contribution in [0.1, 0.15) is 26.2 Å². The maximum Gasteiger partial charge on any atom is 0.0707 e. The predicted octanol–water partition coefficient (Wildman–Crippen LogP) is 0.864. The SMILES string of the molecule is CCNC(CN1CC2CCC(C1)O2)C1CCOC1. The van der Waals surface area contributed by atoms with E-state index in [0.717, 1.165) is 39.4 Å². The first-order valence-electron chi connectivity index (χ1n) is 7.54. The zero-order valence-corrected chi connectivity index (χ0v) is 11.4. The summed E-state index contributed by atoms with van der Waals surface area (Å²) in [6.45, 7) is 8.57. The van der Waals surface area contributed by atoms with Crippen molar-refractivity contribution in [2.24, 2.45) is 5.92 Å². The number of morpholine rings is 1. The summed E-state index contributed by atoms with van der Waals surface area (Å²) < 4.78 is 11.5. The average Bonchev–Trinajstić information content (AvgIpc) is 2.99. The number of hydrogen-bond donors (Lipinski definition) is 1. The first-order chi connectivity index (χ1) is 8.85. The molecule has 18 heavy (non-hydrogen) atoms. The van der Waals surface area contributed by atoms with Crippen molar-refractivity contribution in [1.29, 1.82) is 0 Å². The molecule has 0 spiro atoms.